The molecular weight excluding hydrogens is 329 g/mol. The predicted octanol–water partition coefficient (Wildman–Crippen LogP) is 3.79. The molecule has 2 rings (SSSR count). The highest BCUT2D eigenvalue weighted by atomic mass is 35.5. The summed E-state index contributed by atoms with van der Waals surface area (Å²) >= 11 is 11.7. The molecule has 114 valence electrons. The molecule has 0 radical (unpaired) electrons. The van der Waals surface area contributed by atoms with Crippen LogP contribution in [-0.2, 0) is 0 Å². The molecule has 0 bridgehead atoms. The highest BCUT2D eigenvalue weighted by Crippen LogP contribution is 2.21. The first kappa shape index (κ1) is 16.2. The molecule has 0 saturated heterocycles. The summed E-state index contributed by atoms with van der Waals surface area (Å²) < 4.78 is 0. The number of amides is 1. The molecule has 1 amide bonds. The van der Waals surface area contributed by atoms with Gasteiger partial charge in [-0.3, -0.25) is 14.9 Å². The Labute approximate surface area is 136 Å². The van der Waals surface area contributed by atoms with Gasteiger partial charge in [-0.25, -0.2) is 4.98 Å². The van der Waals surface area contributed by atoms with E-state index in [2.05, 4.69) is 10.3 Å². The van der Waals surface area contributed by atoms with E-state index in [1.807, 2.05) is 0 Å². The average molecular weight is 340 g/mol. The van der Waals surface area contributed by atoms with Crippen LogP contribution in [0.1, 0.15) is 29.0 Å². The molecule has 0 fully saturated rings. The van der Waals surface area contributed by atoms with Gasteiger partial charge in [-0.05, 0) is 24.6 Å². The number of nitrogens with one attached hydrogen (secondary N) is 1. The van der Waals surface area contributed by atoms with Gasteiger partial charge >= 0.3 is 0 Å². The third kappa shape index (κ3) is 3.72. The van der Waals surface area contributed by atoms with Gasteiger partial charge in [-0.2, -0.15) is 0 Å². The molecule has 0 saturated carbocycles. The Balaban J connectivity index is 2.19. The molecule has 2 aromatic rings. The second kappa shape index (κ2) is 6.72. The normalized spacial score (nSPS) is 11.8. The zero-order chi connectivity index (χ0) is 16.3. The molecule has 8 heteroatoms. The van der Waals surface area contributed by atoms with Crippen LogP contribution >= 0.6 is 23.2 Å². The monoisotopic (exact) mass is 339 g/mol. The fraction of sp³-hybridized carbons (Fsp3) is 0.143. The number of carbonyl (C=O) groups is 1. The lowest BCUT2D eigenvalue weighted by Crippen LogP contribution is -2.27. The summed E-state index contributed by atoms with van der Waals surface area (Å²) in [5.74, 6) is -0.508. The average Bonchev–Trinajstić information content (AvgIpc) is 2.49. The summed E-state index contributed by atoms with van der Waals surface area (Å²) in [4.78, 5) is 26.3. The number of carbonyl (C=O) groups excluding carboxylic acids is 1. The largest absolute Gasteiger partial charge is 0.344 e. The third-order valence-electron chi connectivity index (χ3n) is 2.96. The van der Waals surface area contributed by atoms with E-state index in [0.29, 0.717) is 5.56 Å². The van der Waals surface area contributed by atoms with E-state index in [0.717, 1.165) is 0 Å². The van der Waals surface area contributed by atoms with E-state index in [1.165, 1.54) is 24.3 Å². The smallest absolute Gasteiger partial charge is 0.271 e. The molecule has 0 unspecified atom stereocenters. The molecule has 0 aliphatic heterocycles. The Morgan fingerprint density at radius 2 is 2.05 bits per heavy atom. The van der Waals surface area contributed by atoms with Crippen molar-refractivity contribution in [1.29, 1.82) is 0 Å². The zero-order valence-corrected chi connectivity index (χ0v) is 12.9. The summed E-state index contributed by atoms with van der Waals surface area (Å²) in [5.41, 5.74) is 0.560. The number of hydrogen-bond donors (Lipinski definition) is 1. The van der Waals surface area contributed by atoms with Crippen molar-refractivity contribution in [2.75, 3.05) is 0 Å². The number of aromatic nitrogens is 1. The molecule has 22 heavy (non-hydrogen) atoms. The van der Waals surface area contributed by atoms with E-state index in [1.54, 1.807) is 19.1 Å². The van der Waals surface area contributed by atoms with Crippen LogP contribution in [-0.4, -0.2) is 15.8 Å². The van der Waals surface area contributed by atoms with Crippen LogP contribution < -0.4 is 5.32 Å². The van der Waals surface area contributed by atoms with Gasteiger partial charge in [0.2, 0.25) is 0 Å². The SMILES string of the molecule is C[C@H](NC(=O)c1nc(Cl)ccc1Cl)c1cccc([N+](=O)[O-])c1. The minimum Gasteiger partial charge on any atom is -0.344 e. The number of nitro groups is 1. The highest BCUT2D eigenvalue weighted by molar-refractivity contribution is 6.34. The number of rotatable bonds is 4. The topological polar surface area (TPSA) is 85.1 Å². The van der Waals surface area contributed by atoms with Crippen LogP contribution in [0.25, 0.3) is 0 Å². The lowest BCUT2D eigenvalue weighted by molar-refractivity contribution is -0.384. The van der Waals surface area contributed by atoms with E-state index in [9.17, 15) is 14.9 Å². The van der Waals surface area contributed by atoms with Gasteiger partial charge in [0.1, 0.15) is 10.8 Å². The molecule has 1 aromatic heterocycles. The van der Waals surface area contributed by atoms with Gasteiger partial charge < -0.3 is 5.32 Å². The molecule has 1 atom stereocenters. The van der Waals surface area contributed by atoms with Crippen molar-refractivity contribution >= 4 is 34.8 Å². The number of nitrogens with zero attached hydrogens (tertiary/aromatic N) is 2. The molecular formula is C14H11Cl2N3O3. The number of pyridine rings is 1. The number of non-ortho nitro benzene ring substituents is 1. The van der Waals surface area contributed by atoms with Crippen molar-refractivity contribution in [2.45, 2.75) is 13.0 Å². The van der Waals surface area contributed by atoms with Crippen LogP contribution in [0, 0.1) is 10.1 Å². The van der Waals surface area contributed by atoms with Crippen molar-refractivity contribution in [1.82, 2.24) is 10.3 Å². The van der Waals surface area contributed by atoms with Crippen LogP contribution in [0.5, 0.6) is 0 Å². The van der Waals surface area contributed by atoms with Crippen LogP contribution in [0.15, 0.2) is 36.4 Å². The molecule has 1 aromatic carbocycles. The van der Waals surface area contributed by atoms with E-state index in [-0.39, 0.29) is 21.6 Å². The maximum absolute atomic E-state index is 12.2. The Morgan fingerprint density at radius 3 is 2.73 bits per heavy atom. The predicted molar refractivity (Wildman–Crippen MR) is 83.2 cm³/mol. The van der Waals surface area contributed by atoms with Crippen molar-refractivity contribution in [3.63, 3.8) is 0 Å². The number of benzene rings is 1. The van der Waals surface area contributed by atoms with Gasteiger partial charge in [0, 0.05) is 12.1 Å². The minimum absolute atomic E-state index is 0.00597. The Hall–Kier alpha value is -2.18. The first-order valence-corrected chi connectivity index (χ1v) is 7.01. The molecule has 0 spiro atoms. The van der Waals surface area contributed by atoms with Gasteiger partial charge in [0.05, 0.1) is 16.0 Å². The Kier molecular flexibility index (Phi) is 4.95. The summed E-state index contributed by atoms with van der Waals surface area (Å²) in [7, 11) is 0. The zero-order valence-electron chi connectivity index (χ0n) is 11.4. The van der Waals surface area contributed by atoms with Crippen molar-refractivity contribution in [3.8, 4) is 0 Å². The van der Waals surface area contributed by atoms with Crippen LogP contribution in [0.3, 0.4) is 0 Å². The summed E-state index contributed by atoms with van der Waals surface area (Å²) in [6.07, 6.45) is 0. The molecule has 0 aliphatic rings. The summed E-state index contributed by atoms with van der Waals surface area (Å²) in [5, 5.41) is 13.8. The second-order valence-corrected chi connectivity index (χ2v) is 5.31. The summed E-state index contributed by atoms with van der Waals surface area (Å²) in [6.45, 7) is 1.70. The Morgan fingerprint density at radius 1 is 1.32 bits per heavy atom. The number of nitro benzene ring substituents is 1. The minimum atomic E-state index is -0.508. The maximum atomic E-state index is 12.2. The molecule has 0 aliphatic carbocycles. The lowest BCUT2D eigenvalue weighted by atomic mass is 10.1. The molecule has 1 heterocycles. The number of hydrogen-bond acceptors (Lipinski definition) is 4. The first-order chi connectivity index (χ1) is 10.4. The first-order valence-electron chi connectivity index (χ1n) is 6.25. The fourth-order valence-electron chi connectivity index (χ4n) is 1.83. The third-order valence-corrected chi connectivity index (χ3v) is 3.47. The molecule has 6 nitrogen and oxygen atoms in total. The summed E-state index contributed by atoms with van der Waals surface area (Å²) in [6, 6.07) is 8.52. The Bertz CT molecular complexity index is 737. The van der Waals surface area contributed by atoms with Crippen molar-refractivity contribution in [3.05, 3.63) is 67.9 Å². The van der Waals surface area contributed by atoms with Gasteiger partial charge in [-0.15, -0.1) is 0 Å². The van der Waals surface area contributed by atoms with Crippen molar-refractivity contribution in [2.24, 2.45) is 0 Å². The quantitative estimate of drug-likeness (QED) is 0.521. The standard InChI is InChI=1S/C14H11Cl2N3O3/c1-8(9-3-2-4-10(7-9)19(21)22)17-14(20)13-11(15)5-6-12(16)18-13/h2-8H,1H3,(H,17,20)/t8-/m0/s1. The van der Waals surface area contributed by atoms with Gasteiger partial charge in [0.25, 0.3) is 11.6 Å². The van der Waals surface area contributed by atoms with Crippen LogP contribution in [0.2, 0.25) is 10.2 Å². The maximum Gasteiger partial charge on any atom is 0.271 e. The number of halogens is 2. The van der Waals surface area contributed by atoms with Gasteiger partial charge in [0.15, 0.2) is 0 Å². The van der Waals surface area contributed by atoms with E-state index >= 15 is 0 Å². The molecule has 1 N–H and O–H groups in total. The highest BCUT2D eigenvalue weighted by Gasteiger charge is 2.17. The fourth-order valence-corrected chi connectivity index (χ4v) is 2.17. The van der Waals surface area contributed by atoms with Gasteiger partial charge in [-0.1, -0.05) is 35.3 Å². The van der Waals surface area contributed by atoms with E-state index < -0.39 is 16.9 Å². The van der Waals surface area contributed by atoms with Crippen molar-refractivity contribution < 1.29 is 9.72 Å². The van der Waals surface area contributed by atoms with Crippen LogP contribution in [0.4, 0.5) is 5.69 Å². The van der Waals surface area contributed by atoms with E-state index in [4.69, 9.17) is 23.2 Å². The second-order valence-electron chi connectivity index (χ2n) is 4.51. The lowest BCUT2D eigenvalue weighted by Gasteiger charge is -2.14.